The zero-order valence-corrected chi connectivity index (χ0v) is 18.7. The Labute approximate surface area is 172 Å². The fourth-order valence-corrected chi connectivity index (χ4v) is 4.93. The molecule has 27 heavy (non-hydrogen) atoms. The van der Waals surface area contributed by atoms with Crippen LogP contribution in [0.3, 0.4) is 0 Å². The third-order valence-electron chi connectivity index (χ3n) is 3.87. The first-order chi connectivity index (χ1) is 13.0. The highest BCUT2D eigenvalue weighted by atomic mass is 33.1. The molecule has 0 heterocycles. The molecule has 156 valence electrons. The molecule has 5 nitrogen and oxygen atoms in total. The predicted octanol–water partition coefficient (Wildman–Crippen LogP) is 3.71. The summed E-state index contributed by atoms with van der Waals surface area (Å²) in [4.78, 5) is 2.27. The summed E-state index contributed by atoms with van der Waals surface area (Å²) >= 11 is 0. The third-order valence-corrected chi connectivity index (χ3v) is 6.47. The van der Waals surface area contributed by atoms with E-state index < -0.39 is 0 Å². The first-order valence-electron chi connectivity index (χ1n) is 9.42. The molecule has 2 N–H and O–H groups in total. The van der Waals surface area contributed by atoms with Gasteiger partial charge in [0, 0.05) is 30.1 Å². The minimum absolute atomic E-state index is 0.0388. The highest BCUT2D eigenvalue weighted by Crippen LogP contribution is 2.35. The molecule has 1 aromatic rings. The molecule has 0 spiro atoms. The summed E-state index contributed by atoms with van der Waals surface area (Å²) in [5, 5.41) is 19.1. The lowest BCUT2D eigenvalue weighted by molar-refractivity contribution is 0.0505. The maximum atomic E-state index is 9.55. The van der Waals surface area contributed by atoms with Gasteiger partial charge in [-0.15, -0.1) is 0 Å². The quantitative estimate of drug-likeness (QED) is 0.333. The van der Waals surface area contributed by atoms with Crippen LogP contribution in [-0.4, -0.2) is 60.7 Å². The van der Waals surface area contributed by atoms with Crippen LogP contribution >= 0.6 is 21.6 Å². The largest absolute Gasteiger partial charge is 0.392 e. The minimum atomic E-state index is -0.0388. The van der Waals surface area contributed by atoms with Crippen LogP contribution in [0.15, 0.2) is 18.2 Å². The maximum absolute atomic E-state index is 9.55. The SMILES string of the molecule is CCCOCCOCCN(CC(C)(C)SSC)c1cc(CO)cc(CO)c1. The molecule has 7 heteroatoms. The van der Waals surface area contributed by atoms with Gasteiger partial charge >= 0.3 is 0 Å². The van der Waals surface area contributed by atoms with Crippen LogP contribution < -0.4 is 4.90 Å². The van der Waals surface area contributed by atoms with E-state index in [0.29, 0.717) is 19.8 Å². The molecule has 0 fully saturated rings. The molecule has 0 unspecified atom stereocenters. The number of nitrogens with zero attached hydrogens (tertiary/aromatic N) is 1. The number of benzene rings is 1. The standard InChI is InChI=1S/C20H35NO4S2/c1-5-7-24-9-10-25-8-6-21(16-20(2,3)27-26-4)19-12-17(14-22)11-18(13-19)15-23/h11-13,22-23H,5-10,14-16H2,1-4H3. The zero-order valence-electron chi connectivity index (χ0n) is 17.1. The van der Waals surface area contributed by atoms with Gasteiger partial charge in [0.2, 0.25) is 0 Å². The lowest BCUT2D eigenvalue weighted by Crippen LogP contribution is -2.38. The Hall–Kier alpha value is -0.440. The minimum Gasteiger partial charge on any atom is -0.392 e. The van der Waals surface area contributed by atoms with Crippen molar-refractivity contribution >= 4 is 27.3 Å². The Morgan fingerprint density at radius 1 is 0.963 bits per heavy atom. The van der Waals surface area contributed by atoms with Crippen molar-refractivity contribution in [3.8, 4) is 0 Å². The van der Waals surface area contributed by atoms with E-state index in [1.165, 1.54) is 0 Å². The summed E-state index contributed by atoms with van der Waals surface area (Å²) < 4.78 is 11.2. The van der Waals surface area contributed by atoms with E-state index in [2.05, 4.69) is 31.9 Å². The number of anilines is 1. The monoisotopic (exact) mass is 417 g/mol. The van der Waals surface area contributed by atoms with Crippen molar-refractivity contribution in [3.05, 3.63) is 29.3 Å². The maximum Gasteiger partial charge on any atom is 0.0701 e. The van der Waals surface area contributed by atoms with E-state index >= 15 is 0 Å². The molecule has 1 aromatic carbocycles. The summed E-state index contributed by atoms with van der Waals surface area (Å²) in [6.07, 6.45) is 3.11. The Balaban J connectivity index is 2.79. The van der Waals surface area contributed by atoms with Crippen LogP contribution in [0, 0.1) is 0 Å². The fourth-order valence-electron chi connectivity index (χ4n) is 2.76. The van der Waals surface area contributed by atoms with Gasteiger partial charge < -0.3 is 24.6 Å². The Bertz CT molecular complexity index is 506. The topological polar surface area (TPSA) is 62.2 Å². The number of aliphatic hydroxyl groups excluding tert-OH is 2. The van der Waals surface area contributed by atoms with Crippen LogP contribution in [0.4, 0.5) is 5.69 Å². The Morgan fingerprint density at radius 2 is 1.56 bits per heavy atom. The van der Waals surface area contributed by atoms with Gasteiger partial charge in [-0.2, -0.15) is 0 Å². The summed E-state index contributed by atoms with van der Waals surface area (Å²) in [5.41, 5.74) is 2.63. The zero-order chi connectivity index (χ0) is 20.1. The van der Waals surface area contributed by atoms with Gasteiger partial charge in [0.25, 0.3) is 0 Å². The van der Waals surface area contributed by atoms with E-state index in [9.17, 15) is 10.2 Å². The van der Waals surface area contributed by atoms with E-state index in [0.717, 1.165) is 42.9 Å². The highest BCUT2D eigenvalue weighted by Gasteiger charge is 2.23. The van der Waals surface area contributed by atoms with Gasteiger partial charge in [0.15, 0.2) is 0 Å². The van der Waals surface area contributed by atoms with Crippen LogP contribution in [0.25, 0.3) is 0 Å². The van der Waals surface area contributed by atoms with Gasteiger partial charge in [-0.3, -0.25) is 0 Å². The number of ether oxygens (including phenoxy) is 2. The lowest BCUT2D eigenvalue weighted by Gasteiger charge is -2.33. The summed E-state index contributed by atoms with van der Waals surface area (Å²) in [5.74, 6) is 0. The smallest absolute Gasteiger partial charge is 0.0701 e. The van der Waals surface area contributed by atoms with Crippen molar-refractivity contribution in [2.45, 2.75) is 45.2 Å². The van der Waals surface area contributed by atoms with Crippen molar-refractivity contribution in [1.82, 2.24) is 0 Å². The van der Waals surface area contributed by atoms with E-state index in [4.69, 9.17) is 9.47 Å². The Morgan fingerprint density at radius 3 is 2.07 bits per heavy atom. The number of rotatable bonds is 15. The molecule has 0 saturated carbocycles. The van der Waals surface area contributed by atoms with Gasteiger partial charge in [-0.25, -0.2) is 0 Å². The second kappa shape index (κ2) is 13.7. The van der Waals surface area contributed by atoms with Gasteiger partial charge in [0.1, 0.15) is 0 Å². The van der Waals surface area contributed by atoms with Gasteiger partial charge in [-0.1, -0.05) is 34.6 Å². The molecule has 0 aliphatic rings. The summed E-state index contributed by atoms with van der Waals surface area (Å²) in [7, 11) is 3.61. The summed E-state index contributed by atoms with van der Waals surface area (Å²) in [6, 6.07) is 5.82. The van der Waals surface area contributed by atoms with Gasteiger partial charge in [0.05, 0.1) is 33.0 Å². The van der Waals surface area contributed by atoms with Crippen LogP contribution in [0.2, 0.25) is 0 Å². The molecule has 0 radical (unpaired) electrons. The molecule has 0 aliphatic carbocycles. The third kappa shape index (κ3) is 10.1. The van der Waals surface area contributed by atoms with Crippen molar-refractivity contribution in [2.75, 3.05) is 50.7 Å². The molecule has 0 aromatic heterocycles. The second-order valence-corrected chi connectivity index (χ2v) is 10.1. The molecule has 0 amide bonds. The molecule has 0 atom stereocenters. The average Bonchev–Trinajstić information content (AvgIpc) is 2.65. The molecule has 0 aliphatic heterocycles. The van der Waals surface area contributed by atoms with E-state index in [-0.39, 0.29) is 18.0 Å². The predicted molar refractivity (Wildman–Crippen MR) is 118 cm³/mol. The lowest BCUT2D eigenvalue weighted by atomic mass is 10.1. The number of hydrogen-bond acceptors (Lipinski definition) is 7. The van der Waals surface area contributed by atoms with Crippen LogP contribution in [0.5, 0.6) is 0 Å². The van der Waals surface area contributed by atoms with E-state index in [1.807, 2.05) is 29.0 Å². The van der Waals surface area contributed by atoms with Crippen LogP contribution in [-0.2, 0) is 22.7 Å². The molecule has 1 rings (SSSR count). The number of aliphatic hydroxyl groups is 2. The first-order valence-corrected chi connectivity index (χ1v) is 12.0. The number of hydrogen-bond donors (Lipinski definition) is 2. The van der Waals surface area contributed by atoms with Gasteiger partial charge in [-0.05, 0) is 49.8 Å². The molecular formula is C20H35NO4S2. The molecule has 0 bridgehead atoms. The highest BCUT2D eigenvalue weighted by molar-refractivity contribution is 8.77. The first kappa shape index (κ1) is 24.6. The van der Waals surface area contributed by atoms with Crippen molar-refractivity contribution < 1.29 is 19.7 Å². The van der Waals surface area contributed by atoms with Crippen molar-refractivity contribution in [2.24, 2.45) is 0 Å². The van der Waals surface area contributed by atoms with Crippen LogP contribution in [0.1, 0.15) is 38.3 Å². The summed E-state index contributed by atoms with van der Waals surface area (Å²) in [6.45, 7) is 10.6. The van der Waals surface area contributed by atoms with Crippen molar-refractivity contribution in [3.63, 3.8) is 0 Å². The fraction of sp³-hybridized carbons (Fsp3) is 0.700. The molecule has 0 saturated heterocycles. The second-order valence-electron chi connectivity index (χ2n) is 6.98. The Kier molecular flexibility index (Phi) is 12.5. The van der Waals surface area contributed by atoms with E-state index in [1.54, 1.807) is 10.8 Å². The average molecular weight is 418 g/mol. The van der Waals surface area contributed by atoms with Crippen molar-refractivity contribution in [1.29, 1.82) is 0 Å². The molecular weight excluding hydrogens is 382 g/mol. The normalized spacial score (nSPS) is 11.8.